The minimum atomic E-state index is -3.62. The molecule has 0 atom stereocenters. The van der Waals surface area contributed by atoms with E-state index >= 15 is 0 Å². The molecule has 1 aromatic carbocycles. The van der Waals surface area contributed by atoms with E-state index in [0.29, 0.717) is 31.0 Å². The van der Waals surface area contributed by atoms with Gasteiger partial charge in [-0.2, -0.15) is 4.31 Å². The number of fused-ring (bicyclic) bond motifs is 1. The van der Waals surface area contributed by atoms with Crippen LogP contribution in [0.15, 0.2) is 47.8 Å². The third-order valence-corrected chi connectivity index (χ3v) is 5.94. The Kier molecular flexibility index (Phi) is 5.00. The smallest absolute Gasteiger partial charge is 0.220 e. The second kappa shape index (κ2) is 7.20. The number of rotatable bonds is 5. The largest absolute Gasteiger partial charge is 0.481 e. The second-order valence-corrected chi connectivity index (χ2v) is 7.71. The number of methoxy groups -OCH3 is 1. The van der Waals surface area contributed by atoms with E-state index in [1.165, 1.54) is 23.2 Å². The predicted octanol–water partition coefficient (Wildman–Crippen LogP) is 1.66. The van der Waals surface area contributed by atoms with Gasteiger partial charge in [-0.3, -0.25) is 0 Å². The molecule has 2 aromatic rings. The summed E-state index contributed by atoms with van der Waals surface area (Å²) in [7, 11) is -2.13. The Morgan fingerprint density at radius 2 is 2.04 bits per heavy atom. The average Bonchev–Trinajstić information content (AvgIpc) is 2.66. The van der Waals surface area contributed by atoms with E-state index in [9.17, 15) is 13.6 Å². The first-order chi connectivity index (χ1) is 12.0. The molecule has 132 valence electrons. The van der Waals surface area contributed by atoms with E-state index in [1.54, 1.807) is 12.1 Å². The van der Waals surface area contributed by atoms with Crippen molar-refractivity contribution in [3.8, 4) is 5.88 Å². The minimum absolute atomic E-state index is 0.0500. The molecular formula is C17H19N3O4S. The second-order valence-electron chi connectivity index (χ2n) is 5.74. The van der Waals surface area contributed by atoms with Crippen molar-refractivity contribution in [1.29, 1.82) is 0 Å². The maximum absolute atomic E-state index is 12.8. The van der Waals surface area contributed by atoms with Crippen molar-refractivity contribution in [2.45, 2.75) is 13.0 Å². The first kappa shape index (κ1) is 17.4. The number of nitrogens with zero attached hydrogens (tertiary/aromatic N) is 3. The van der Waals surface area contributed by atoms with Gasteiger partial charge in [0.15, 0.2) is 0 Å². The summed E-state index contributed by atoms with van der Waals surface area (Å²) in [5, 5.41) is 12.4. The number of oxime groups is 1. The van der Waals surface area contributed by atoms with Crippen molar-refractivity contribution in [2.75, 3.05) is 19.4 Å². The molecule has 7 nitrogen and oxygen atoms in total. The van der Waals surface area contributed by atoms with Gasteiger partial charge in [-0.05, 0) is 23.6 Å². The van der Waals surface area contributed by atoms with E-state index in [1.807, 2.05) is 24.3 Å². The summed E-state index contributed by atoms with van der Waals surface area (Å²) >= 11 is 0. The van der Waals surface area contributed by atoms with Crippen LogP contribution in [0.1, 0.15) is 16.7 Å². The predicted molar refractivity (Wildman–Crippen MR) is 93.5 cm³/mol. The van der Waals surface area contributed by atoms with Crippen LogP contribution in [0.4, 0.5) is 0 Å². The van der Waals surface area contributed by atoms with Crippen molar-refractivity contribution in [1.82, 2.24) is 9.29 Å². The maximum atomic E-state index is 12.8. The number of ether oxygens (including phenoxy) is 1. The number of hydrogen-bond acceptors (Lipinski definition) is 6. The van der Waals surface area contributed by atoms with Crippen molar-refractivity contribution in [3.63, 3.8) is 0 Å². The fourth-order valence-electron chi connectivity index (χ4n) is 2.81. The Morgan fingerprint density at radius 1 is 1.28 bits per heavy atom. The lowest BCUT2D eigenvalue weighted by molar-refractivity contribution is 0.318. The van der Waals surface area contributed by atoms with E-state index in [4.69, 9.17) is 4.74 Å². The normalized spacial score (nSPS) is 15.6. The minimum Gasteiger partial charge on any atom is -0.481 e. The fourth-order valence-corrected chi connectivity index (χ4v) is 4.27. The van der Waals surface area contributed by atoms with E-state index in [0.717, 1.165) is 5.56 Å². The van der Waals surface area contributed by atoms with Gasteiger partial charge < -0.3 is 9.94 Å². The standard InChI is InChI=1S/C17H19N3O4S/c1-24-17-7-6-14(10-18-17)16(19-21)12-25(22,23)20-9-8-13-4-2-3-5-15(13)11-20/h2-7,10,21H,8-9,11-12H2,1H3/b19-16-. The van der Waals surface area contributed by atoms with Crippen LogP contribution in [0, 0.1) is 0 Å². The highest BCUT2D eigenvalue weighted by Gasteiger charge is 2.28. The van der Waals surface area contributed by atoms with Gasteiger partial charge in [0.05, 0.1) is 7.11 Å². The molecule has 1 N–H and O–H groups in total. The molecule has 1 aromatic heterocycles. The molecule has 0 amide bonds. The number of hydrogen-bond donors (Lipinski definition) is 1. The first-order valence-electron chi connectivity index (χ1n) is 7.79. The lowest BCUT2D eigenvalue weighted by Crippen LogP contribution is -2.39. The Bertz CT molecular complexity index is 879. The third kappa shape index (κ3) is 3.80. The molecule has 0 aliphatic carbocycles. The van der Waals surface area contributed by atoms with Gasteiger partial charge in [-0.15, -0.1) is 0 Å². The van der Waals surface area contributed by atoms with Crippen molar-refractivity contribution < 1.29 is 18.4 Å². The fraction of sp³-hybridized carbons (Fsp3) is 0.294. The molecule has 0 unspecified atom stereocenters. The van der Waals surface area contributed by atoms with E-state index in [2.05, 4.69) is 10.1 Å². The number of aromatic nitrogens is 1. The third-order valence-electron chi connectivity index (χ3n) is 4.21. The Morgan fingerprint density at radius 3 is 2.68 bits per heavy atom. The van der Waals surface area contributed by atoms with Gasteiger partial charge in [0.1, 0.15) is 11.5 Å². The zero-order valence-electron chi connectivity index (χ0n) is 13.8. The molecule has 2 heterocycles. The molecule has 8 heteroatoms. The molecule has 3 rings (SSSR count). The Balaban J connectivity index is 1.78. The van der Waals surface area contributed by atoms with Crippen LogP contribution in [-0.2, 0) is 23.0 Å². The van der Waals surface area contributed by atoms with Gasteiger partial charge in [0.2, 0.25) is 15.9 Å². The van der Waals surface area contributed by atoms with Crippen molar-refractivity contribution >= 4 is 15.7 Å². The highest BCUT2D eigenvalue weighted by molar-refractivity contribution is 7.89. The average molecular weight is 361 g/mol. The monoisotopic (exact) mass is 361 g/mol. The molecule has 0 radical (unpaired) electrons. The topological polar surface area (TPSA) is 92.1 Å². The summed E-state index contributed by atoms with van der Waals surface area (Å²) in [5.74, 6) is 0.0104. The zero-order chi connectivity index (χ0) is 17.9. The van der Waals surface area contributed by atoms with Crippen LogP contribution in [0.3, 0.4) is 0 Å². The van der Waals surface area contributed by atoms with Crippen molar-refractivity contribution in [2.24, 2.45) is 5.16 Å². The molecule has 1 aliphatic rings. The van der Waals surface area contributed by atoms with Gasteiger partial charge in [-0.1, -0.05) is 29.4 Å². The number of benzene rings is 1. The molecule has 1 aliphatic heterocycles. The first-order valence-corrected chi connectivity index (χ1v) is 9.40. The molecule has 0 saturated heterocycles. The highest BCUT2D eigenvalue weighted by Crippen LogP contribution is 2.21. The molecule has 0 fully saturated rings. The molecule has 0 spiro atoms. The Hall–Kier alpha value is -2.45. The van der Waals surface area contributed by atoms with Crippen LogP contribution in [0.25, 0.3) is 0 Å². The maximum Gasteiger partial charge on any atom is 0.220 e. The van der Waals surface area contributed by atoms with E-state index in [-0.39, 0.29) is 11.5 Å². The lowest BCUT2D eigenvalue weighted by atomic mass is 10.0. The molecule has 0 bridgehead atoms. The van der Waals surface area contributed by atoms with Gasteiger partial charge in [-0.25, -0.2) is 13.4 Å². The van der Waals surface area contributed by atoms with Gasteiger partial charge in [0.25, 0.3) is 0 Å². The Labute approximate surface area is 146 Å². The van der Waals surface area contributed by atoms with Crippen LogP contribution in [0.2, 0.25) is 0 Å². The highest BCUT2D eigenvalue weighted by atomic mass is 32.2. The van der Waals surface area contributed by atoms with Crippen LogP contribution in [0.5, 0.6) is 5.88 Å². The molecule has 25 heavy (non-hydrogen) atoms. The SMILES string of the molecule is COc1ccc(/C(CS(=O)(=O)N2CCc3ccccc3C2)=N\O)cn1. The summed E-state index contributed by atoms with van der Waals surface area (Å²) in [4.78, 5) is 4.02. The molecule has 0 saturated carbocycles. The van der Waals surface area contributed by atoms with Crippen LogP contribution >= 0.6 is 0 Å². The van der Waals surface area contributed by atoms with Crippen LogP contribution in [-0.4, -0.2) is 48.0 Å². The summed E-state index contributed by atoms with van der Waals surface area (Å²) in [6.07, 6.45) is 2.10. The summed E-state index contributed by atoms with van der Waals surface area (Å²) in [6.45, 7) is 0.747. The van der Waals surface area contributed by atoms with Crippen LogP contribution < -0.4 is 4.74 Å². The zero-order valence-corrected chi connectivity index (χ0v) is 14.6. The summed E-state index contributed by atoms with van der Waals surface area (Å²) < 4.78 is 31.9. The van der Waals surface area contributed by atoms with Crippen molar-refractivity contribution in [3.05, 3.63) is 59.3 Å². The number of sulfonamides is 1. The quantitative estimate of drug-likeness (QED) is 0.497. The summed E-state index contributed by atoms with van der Waals surface area (Å²) in [5.41, 5.74) is 2.66. The van der Waals surface area contributed by atoms with Gasteiger partial charge >= 0.3 is 0 Å². The van der Waals surface area contributed by atoms with Gasteiger partial charge in [0, 0.05) is 30.9 Å². The molecular weight excluding hydrogens is 342 g/mol. The summed E-state index contributed by atoms with van der Waals surface area (Å²) in [6, 6.07) is 11.0. The number of pyridine rings is 1. The lowest BCUT2D eigenvalue weighted by Gasteiger charge is -2.28. The van der Waals surface area contributed by atoms with E-state index < -0.39 is 10.0 Å².